The Bertz CT molecular complexity index is 1680. The fourth-order valence-corrected chi connectivity index (χ4v) is 6.45. The Morgan fingerprint density at radius 2 is 1.95 bits per heavy atom. The molecule has 0 saturated carbocycles. The lowest BCUT2D eigenvalue weighted by atomic mass is 9.88. The molecule has 7 rings (SSSR count). The van der Waals surface area contributed by atoms with Crippen LogP contribution in [0.25, 0.3) is 11.2 Å². The molecule has 0 amide bonds. The van der Waals surface area contributed by atoms with Gasteiger partial charge < -0.3 is 23.9 Å². The van der Waals surface area contributed by atoms with Gasteiger partial charge in [-0.3, -0.25) is 9.88 Å². The Balaban J connectivity index is 1.10. The maximum atomic E-state index is 11.8. The summed E-state index contributed by atoms with van der Waals surface area (Å²) in [5.74, 6) is 0.570. The molecule has 1 aromatic carbocycles. The van der Waals surface area contributed by atoms with Crippen LogP contribution in [0, 0.1) is 0 Å². The number of benzene rings is 1. The van der Waals surface area contributed by atoms with Crippen LogP contribution in [-0.4, -0.2) is 66.5 Å². The summed E-state index contributed by atoms with van der Waals surface area (Å²) in [5, 5.41) is 18.6. The van der Waals surface area contributed by atoms with Crippen molar-refractivity contribution in [2.24, 2.45) is 0 Å². The molecule has 1 N–H and O–H groups in total. The maximum Gasteiger partial charge on any atom is 0.356 e. The van der Waals surface area contributed by atoms with Crippen LogP contribution in [-0.2, 0) is 30.0 Å². The molecule has 43 heavy (non-hydrogen) atoms. The highest BCUT2D eigenvalue weighted by molar-refractivity contribution is 6.30. The quantitative estimate of drug-likeness (QED) is 0.295. The van der Waals surface area contributed by atoms with Crippen molar-refractivity contribution in [1.82, 2.24) is 29.6 Å². The lowest BCUT2D eigenvalue weighted by Crippen LogP contribution is -2.35. The van der Waals surface area contributed by atoms with Crippen LogP contribution in [0.2, 0.25) is 5.02 Å². The van der Waals surface area contributed by atoms with Crippen LogP contribution in [0.5, 0.6) is 11.5 Å². The molecule has 0 radical (unpaired) electrons. The molecular weight excluding hydrogens is 572 g/mol. The smallest absolute Gasteiger partial charge is 0.356 e. The van der Waals surface area contributed by atoms with Crippen molar-refractivity contribution >= 4 is 28.7 Å². The molecule has 12 heteroatoms. The number of aromatic nitrogens is 5. The number of fused-ring (bicyclic) bond motifs is 2. The number of nitrogens with zero attached hydrogens (tertiary/aromatic N) is 6. The van der Waals surface area contributed by atoms with Crippen LogP contribution in [0.1, 0.15) is 72.2 Å². The van der Waals surface area contributed by atoms with Crippen LogP contribution < -0.4 is 9.47 Å². The summed E-state index contributed by atoms with van der Waals surface area (Å²) in [7, 11) is 0. The normalized spacial score (nSPS) is 22.2. The number of pyridine rings is 1. The highest BCUT2D eigenvalue weighted by atomic mass is 35.5. The first kappa shape index (κ1) is 28.0. The second-order valence-corrected chi connectivity index (χ2v) is 12.0. The molecule has 2 unspecified atom stereocenters. The van der Waals surface area contributed by atoms with E-state index in [1.165, 1.54) is 0 Å². The van der Waals surface area contributed by atoms with Crippen LogP contribution in [0.4, 0.5) is 0 Å². The third-order valence-electron chi connectivity index (χ3n) is 8.77. The van der Waals surface area contributed by atoms with E-state index in [0.29, 0.717) is 52.9 Å². The largest absolute Gasteiger partial charge is 0.476 e. The third-order valence-corrected chi connectivity index (χ3v) is 8.99. The number of carboxylic acids is 1. The Labute approximate surface area is 253 Å². The van der Waals surface area contributed by atoms with Crippen LogP contribution >= 0.6 is 11.6 Å². The van der Waals surface area contributed by atoms with Gasteiger partial charge >= 0.3 is 5.97 Å². The second kappa shape index (κ2) is 11.0. The van der Waals surface area contributed by atoms with Crippen molar-refractivity contribution in [3.63, 3.8) is 0 Å². The van der Waals surface area contributed by atoms with Gasteiger partial charge in [-0.1, -0.05) is 30.7 Å². The highest BCUT2D eigenvalue weighted by Gasteiger charge is 2.42. The summed E-state index contributed by atoms with van der Waals surface area (Å²) in [4.78, 5) is 23.6. The van der Waals surface area contributed by atoms with Gasteiger partial charge in [0.1, 0.15) is 17.0 Å². The molecule has 0 aliphatic carbocycles. The van der Waals surface area contributed by atoms with Crippen LogP contribution in [0.15, 0.2) is 36.5 Å². The van der Waals surface area contributed by atoms with Crippen molar-refractivity contribution in [3.8, 4) is 11.5 Å². The van der Waals surface area contributed by atoms with Crippen LogP contribution in [0.3, 0.4) is 0 Å². The number of aromatic carboxylic acids is 1. The molecule has 2 fully saturated rings. The van der Waals surface area contributed by atoms with Gasteiger partial charge in [-0.25, -0.2) is 9.78 Å². The topological polar surface area (TPSA) is 125 Å². The minimum absolute atomic E-state index is 0.0311. The summed E-state index contributed by atoms with van der Waals surface area (Å²) >= 11 is 6.05. The van der Waals surface area contributed by atoms with Gasteiger partial charge in [0.2, 0.25) is 0 Å². The first-order valence-electron chi connectivity index (χ1n) is 14.8. The second-order valence-electron chi connectivity index (χ2n) is 11.5. The molecule has 2 saturated heterocycles. The van der Waals surface area contributed by atoms with Crippen molar-refractivity contribution in [3.05, 3.63) is 69.9 Å². The van der Waals surface area contributed by atoms with Crippen molar-refractivity contribution in [1.29, 1.82) is 0 Å². The van der Waals surface area contributed by atoms with Crippen molar-refractivity contribution in [2.75, 3.05) is 19.7 Å². The molecular formula is C31H33ClN6O5. The number of halogens is 1. The number of para-hydroxylation sites is 1. The van der Waals surface area contributed by atoms with E-state index in [1.54, 1.807) is 12.3 Å². The van der Waals surface area contributed by atoms with Gasteiger partial charge in [-0.15, -0.1) is 10.2 Å². The number of likely N-dealkylation sites (tertiary alicyclic amines) is 1. The number of rotatable bonds is 8. The summed E-state index contributed by atoms with van der Waals surface area (Å²) in [6.45, 7) is 7.56. The van der Waals surface area contributed by atoms with Gasteiger partial charge in [0.05, 0.1) is 24.2 Å². The zero-order valence-electron chi connectivity index (χ0n) is 24.1. The van der Waals surface area contributed by atoms with Gasteiger partial charge in [0, 0.05) is 30.9 Å². The zero-order valence-corrected chi connectivity index (χ0v) is 24.9. The fraction of sp³-hybridized carbons (Fsp3) is 0.452. The molecule has 2 atom stereocenters. The number of carbonyl (C=O) groups is 1. The Morgan fingerprint density at radius 1 is 1.14 bits per heavy atom. The monoisotopic (exact) mass is 604 g/mol. The van der Waals surface area contributed by atoms with E-state index in [9.17, 15) is 9.90 Å². The van der Waals surface area contributed by atoms with E-state index in [-0.39, 0.29) is 11.8 Å². The minimum Gasteiger partial charge on any atom is -0.476 e. The average Bonchev–Trinajstić information content (AvgIpc) is 3.52. The minimum atomic E-state index is -1.08. The maximum absolute atomic E-state index is 11.8. The standard InChI is InChI=1S/C31H33ClN6O5/c1-3-21-26-29(36-35-27(21)30(39)40)38(16-20-11-14-41-20)25(34-26)17-37-12-9-18(10-13-37)22-5-4-6-23-28(22)43-31(2,42-23)24-8-7-19(32)15-33-24/h4-8,15,18,20H,3,9-14,16-17H2,1-2H3,(H,39,40). The molecule has 11 nitrogen and oxygen atoms in total. The average molecular weight is 605 g/mol. The Morgan fingerprint density at radius 3 is 2.63 bits per heavy atom. The summed E-state index contributed by atoms with van der Waals surface area (Å²) in [6, 6.07) is 9.71. The van der Waals surface area contributed by atoms with Crippen molar-refractivity contribution in [2.45, 2.75) is 70.4 Å². The highest BCUT2D eigenvalue weighted by Crippen LogP contribution is 2.49. The van der Waals surface area contributed by atoms with Gasteiger partial charge in [0.25, 0.3) is 5.79 Å². The number of ether oxygens (including phenoxy) is 3. The fourth-order valence-electron chi connectivity index (χ4n) is 6.33. The molecule has 3 aliphatic heterocycles. The Kier molecular flexibility index (Phi) is 7.19. The number of carboxylic acid groups (broad SMARTS) is 1. The molecule has 4 aromatic rings. The lowest BCUT2D eigenvalue weighted by Gasteiger charge is -2.33. The third kappa shape index (κ3) is 5.09. The van der Waals surface area contributed by atoms with E-state index >= 15 is 0 Å². The SMILES string of the molecule is CCc1c(C(=O)O)nnc2c1nc(CN1CCC(c3cccc4c3OC(C)(c3ccc(Cl)cn3)O4)CC1)n2CC1CCO1. The van der Waals surface area contributed by atoms with E-state index in [0.717, 1.165) is 61.8 Å². The molecule has 224 valence electrons. The predicted octanol–water partition coefficient (Wildman–Crippen LogP) is 4.95. The number of hydrogen-bond donors (Lipinski definition) is 1. The number of imidazole rings is 1. The predicted molar refractivity (Wildman–Crippen MR) is 158 cm³/mol. The Hall–Kier alpha value is -3.80. The van der Waals surface area contributed by atoms with E-state index in [2.05, 4.69) is 30.7 Å². The summed E-state index contributed by atoms with van der Waals surface area (Å²) in [5.41, 5.74) is 3.64. The van der Waals surface area contributed by atoms with E-state index in [4.69, 9.17) is 30.8 Å². The van der Waals surface area contributed by atoms with Gasteiger partial charge in [0.15, 0.2) is 22.8 Å². The molecule has 3 aliphatic rings. The van der Waals surface area contributed by atoms with Gasteiger partial charge in [-0.2, -0.15) is 0 Å². The molecule has 6 heterocycles. The number of piperidine rings is 1. The number of hydrogen-bond acceptors (Lipinski definition) is 9. The zero-order chi connectivity index (χ0) is 29.7. The molecule has 0 spiro atoms. The first-order chi connectivity index (χ1) is 20.8. The van der Waals surface area contributed by atoms with E-state index in [1.807, 2.05) is 32.0 Å². The summed E-state index contributed by atoms with van der Waals surface area (Å²) in [6.07, 6.45) is 5.09. The molecule has 0 bridgehead atoms. The van der Waals surface area contributed by atoms with Gasteiger partial charge in [-0.05, 0) is 62.9 Å². The summed E-state index contributed by atoms with van der Waals surface area (Å²) < 4.78 is 20.5. The van der Waals surface area contributed by atoms with E-state index < -0.39 is 11.8 Å². The number of aryl methyl sites for hydroxylation is 1. The molecule has 3 aromatic heterocycles. The first-order valence-corrected chi connectivity index (χ1v) is 15.2. The lowest BCUT2D eigenvalue weighted by molar-refractivity contribution is -0.0722. The van der Waals surface area contributed by atoms with Crippen molar-refractivity contribution < 1.29 is 24.1 Å².